The van der Waals surface area contributed by atoms with Gasteiger partial charge < -0.3 is 4.42 Å². The maximum absolute atomic E-state index is 6.44. The summed E-state index contributed by atoms with van der Waals surface area (Å²) in [6, 6.07) is 50.6. The molecule has 0 aliphatic heterocycles. The highest BCUT2D eigenvalue weighted by atomic mass is 16.3. The molecule has 0 unspecified atom stereocenters. The van der Waals surface area contributed by atoms with Crippen molar-refractivity contribution in [2.24, 2.45) is 0 Å². The minimum atomic E-state index is 0.595. The molecule has 0 fully saturated rings. The van der Waals surface area contributed by atoms with Crippen LogP contribution in [0.5, 0.6) is 0 Å². The van der Waals surface area contributed by atoms with E-state index in [1.165, 1.54) is 16.5 Å². The lowest BCUT2D eigenvalue weighted by Crippen LogP contribution is -2.00. The second-order valence-electron chi connectivity index (χ2n) is 12.8. The van der Waals surface area contributed by atoms with Crippen LogP contribution in [0.4, 0.5) is 0 Å². The summed E-state index contributed by atoms with van der Waals surface area (Å²) >= 11 is 0. The molecule has 0 N–H and O–H groups in total. The fourth-order valence-electron chi connectivity index (χ4n) is 6.82. The summed E-state index contributed by atoms with van der Waals surface area (Å²) in [6.45, 7) is 2.00. The molecule has 0 aliphatic carbocycles. The molecular weight excluding hydrogens is 635 g/mol. The van der Waals surface area contributed by atoms with Gasteiger partial charge in [0.1, 0.15) is 11.2 Å². The molecule has 0 aliphatic rings. The van der Waals surface area contributed by atoms with E-state index in [2.05, 4.69) is 133 Å². The first-order chi connectivity index (χ1) is 25.7. The molecule has 0 saturated heterocycles. The Bertz CT molecular complexity index is 2860. The van der Waals surface area contributed by atoms with Crippen LogP contribution in [0.25, 0.3) is 94.8 Å². The van der Waals surface area contributed by atoms with Crippen molar-refractivity contribution in [3.63, 3.8) is 0 Å². The van der Waals surface area contributed by atoms with Gasteiger partial charge in [-0.05, 0) is 81.6 Å². The molecule has 7 aromatic carbocycles. The molecule has 0 radical (unpaired) electrons. The van der Waals surface area contributed by atoms with E-state index in [4.69, 9.17) is 19.4 Å². The number of hydrogen-bond acceptors (Lipinski definition) is 4. The lowest BCUT2D eigenvalue weighted by Gasteiger charge is -2.11. The summed E-state index contributed by atoms with van der Waals surface area (Å²) < 4.78 is 6.44. The lowest BCUT2D eigenvalue weighted by molar-refractivity contribution is 0.669. The van der Waals surface area contributed by atoms with Crippen molar-refractivity contribution >= 4 is 49.6 Å². The zero-order chi connectivity index (χ0) is 34.9. The van der Waals surface area contributed by atoms with Gasteiger partial charge in [0.25, 0.3) is 0 Å². The summed E-state index contributed by atoms with van der Waals surface area (Å²) in [5, 5.41) is 6.58. The first-order valence-corrected chi connectivity index (χ1v) is 17.5. The van der Waals surface area contributed by atoms with Crippen molar-refractivity contribution < 1.29 is 4.42 Å². The van der Waals surface area contributed by atoms with E-state index in [0.29, 0.717) is 17.5 Å². The number of allylic oxidation sites excluding steroid dienone is 5. The van der Waals surface area contributed by atoms with Crippen LogP contribution < -0.4 is 0 Å². The highest BCUT2D eigenvalue weighted by molar-refractivity contribution is 6.12. The highest BCUT2D eigenvalue weighted by Crippen LogP contribution is 2.37. The van der Waals surface area contributed by atoms with E-state index in [1.807, 2.05) is 55.5 Å². The number of benzene rings is 7. The van der Waals surface area contributed by atoms with Crippen molar-refractivity contribution in [3.8, 4) is 45.3 Å². The van der Waals surface area contributed by atoms with Gasteiger partial charge in [-0.3, -0.25) is 0 Å². The molecule has 9 aromatic rings. The average molecular weight is 668 g/mol. The van der Waals surface area contributed by atoms with Gasteiger partial charge in [0, 0.05) is 27.5 Å². The van der Waals surface area contributed by atoms with E-state index < -0.39 is 0 Å². The maximum atomic E-state index is 6.44. The SMILES string of the molecule is C\C=C/C=C\C=C\c1ccc2c(c1)oc1cccc(-c3nc(-c4ccc5ccccc5c4)nc(-c4ccc5ccc(-c6ccccc6)cc5c4)n3)c12. The van der Waals surface area contributed by atoms with E-state index in [0.717, 1.165) is 60.4 Å². The van der Waals surface area contributed by atoms with Crippen LogP contribution in [0, 0.1) is 0 Å². The van der Waals surface area contributed by atoms with Gasteiger partial charge in [-0.1, -0.05) is 146 Å². The Kier molecular flexibility index (Phi) is 8.03. The van der Waals surface area contributed by atoms with Crippen LogP contribution in [0.2, 0.25) is 0 Å². The molecule has 2 heterocycles. The minimum Gasteiger partial charge on any atom is -0.456 e. The summed E-state index contributed by atoms with van der Waals surface area (Å²) in [5.41, 5.74) is 7.76. The molecule has 9 rings (SSSR count). The van der Waals surface area contributed by atoms with E-state index >= 15 is 0 Å². The second kappa shape index (κ2) is 13.4. The van der Waals surface area contributed by atoms with Gasteiger partial charge in [-0.15, -0.1) is 0 Å². The van der Waals surface area contributed by atoms with Crippen LogP contribution >= 0.6 is 0 Å². The van der Waals surface area contributed by atoms with E-state index in [9.17, 15) is 0 Å². The molecule has 2 aromatic heterocycles. The van der Waals surface area contributed by atoms with Crippen molar-refractivity contribution in [1.82, 2.24) is 15.0 Å². The first kappa shape index (κ1) is 31.1. The van der Waals surface area contributed by atoms with Gasteiger partial charge >= 0.3 is 0 Å². The molecule has 246 valence electrons. The molecule has 0 saturated carbocycles. The zero-order valence-electron chi connectivity index (χ0n) is 28.6. The summed E-state index contributed by atoms with van der Waals surface area (Å²) in [5.74, 6) is 1.83. The fraction of sp³-hybridized carbons (Fsp3) is 0.0208. The van der Waals surface area contributed by atoms with Crippen LogP contribution in [0.1, 0.15) is 12.5 Å². The van der Waals surface area contributed by atoms with E-state index in [-0.39, 0.29) is 0 Å². The smallest absolute Gasteiger partial charge is 0.164 e. The Morgan fingerprint density at radius 3 is 1.88 bits per heavy atom. The van der Waals surface area contributed by atoms with Crippen molar-refractivity contribution in [2.75, 3.05) is 0 Å². The topological polar surface area (TPSA) is 51.8 Å². The molecule has 0 bridgehead atoms. The Hall–Kier alpha value is -6.91. The third kappa shape index (κ3) is 5.97. The highest BCUT2D eigenvalue weighted by Gasteiger charge is 2.18. The normalized spacial score (nSPS) is 12.1. The predicted octanol–water partition coefficient (Wildman–Crippen LogP) is 12.9. The molecule has 0 amide bonds. The number of fused-ring (bicyclic) bond motifs is 5. The lowest BCUT2D eigenvalue weighted by atomic mass is 9.99. The number of hydrogen-bond donors (Lipinski definition) is 0. The molecule has 4 heteroatoms. The summed E-state index contributed by atoms with van der Waals surface area (Å²) in [6.07, 6.45) is 12.2. The van der Waals surface area contributed by atoms with Gasteiger partial charge in [-0.25, -0.2) is 15.0 Å². The van der Waals surface area contributed by atoms with Gasteiger partial charge in [0.15, 0.2) is 17.5 Å². The van der Waals surface area contributed by atoms with Crippen LogP contribution in [-0.4, -0.2) is 15.0 Å². The molecular formula is C48H33N3O. The third-order valence-corrected chi connectivity index (χ3v) is 9.43. The second-order valence-corrected chi connectivity index (χ2v) is 12.8. The molecule has 52 heavy (non-hydrogen) atoms. The number of rotatable bonds is 7. The van der Waals surface area contributed by atoms with Crippen molar-refractivity contribution in [3.05, 3.63) is 182 Å². The van der Waals surface area contributed by atoms with E-state index in [1.54, 1.807) is 0 Å². The van der Waals surface area contributed by atoms with Gasteiger partial charge in [0.2, 0.25) is 0 Å². The minimum absolute atomic E-state index is 0.595. The van der Waals surface area contributed by atoms with Crippen molar-refractivity contribution in [1.29, 1.82) is 0 Å². The van der Waals surface area contributed by atoms with Crippen LogP contribution in [0.15, 0.2) is 180 Å². The maximum Gasteiger partial charge on any atom is 0.164 e. The van der Waals surface area contributed by atoms with Gasteiger partial charge in [0.05, 0.1) is 0 Å². The van der Waals surface area contributed by atoms with Crippen LogP contribution in [0.3, 0.4) is 0 Å². The van der Waals surface area contributed by atoms with Crippen LogP contribution in [-0.2, 0) is 0 Å². The standard InChI is InChI=1S/C48H33N3O/c1-2-3-4-5-7-13-32-20-27-41-44(28-32)52-43-19-12-18-42(45(41)43)48-50-46(38-25-22-34-16-10-11-17-36(34)29-38)49-47(51-48)39-26-23-35-21-24-37(30-40(35)31-39)33-14-8-6-9-15-33/h2-31H,1H3/b3-2-,5-4-,13-7+. The van der Waals surface area contributed by atoms with Crippen molar-refractivity contribution in [2.45, 2.75) is 6.92 Å². The largest absolute Gasteiger partial charge is 0.456 e. The predicted molar refractivity (Wildman–Crippen MR) is 217 cm³/mol. The zero-order valence-corrected chi connectivity index (χ0v) is 28.6. The monoisotopic (exact) mass is 667 g/mol. The summed E-state index contributed by atoms with van der Waals surface area (Å²) in [4.78, 5) is 15.5. The number of nitrogens with zero attached hydrogens (tertiary/aromatic N) is 3. The molecule has 4 nitrogen and oxygen atoms in total. The Labute approximate surface area is 301 Å². The Morgan fingerprint density at radius 2 is 1.10 bits per heavy atom. The quantitative estimate of drug-likeness (QED) is 0.159. The molecule has 0 atom stereocenters. The number of aromatic nitrogens is 3. The first-order valence-electron chi connectivity index (χ1n) is 17.5. The van der Waals surface area contributed by atoms with Gasteiger partial charge in [-0.2, -0.15) is 0 Å². The fourth-order valence-corrected chi connectivity index (χ4v) is 6.82. The third-order valence-electron chi connectivity index (χ3n) is 9.43. The number of furan rings is 1. The average Bonchev–Trinajstić information content (AvgIpc) is 3.58. The molecule has 0 spiro atoms. The Balaban J connectivity index is 1.21. The Morgan fingerprint density at radius 1 is 0.442 bits per heavy atom. The summed E-state index contributed by atoms with van der Waals surface area (Å²) in [7, 11) is 0.